The summed E-state index contributed by atoms with van der Waals surface area (Å²) in [6.45, 7) is 0.481. The van der Waals surface area contributed by atoms with Crippen LogP contribution in [0.1, 0.15) is 12.8 Å². The highest BCUT2D eigenvalue weighted by Gasteiger charge is 2.37. The normalized spacial score (nSPS) is 17.2. The zero-order chi connectivity index (χ0) is 38.9. The third kappa shape index (κ3) is 7.71. The van der Waals surface area contributed by atoms with E-state index >= 15 is 8.78 Å². The summed E-state index contributed by atoms with van der Waals surface area (Å²) in [6.07, 6.45) is 2.34. The van der Waals surface area contributed by atoms with Gasteiger partial charge in [-0.2, -0.15) is 9.59 Å². The number of rotatable bonds is 12. The molecule has 0 spiro atoms. The largest absolute Gasteiger partial charge is 0.508 e. The molecule has 3 atom stereocenters. The zero-order valence-electron chi connectivity index (χ0n) is 29.9. The number of amides is 2. The van der Waals surface area contributed by atoms with Gasteiger partial charge in [0.15, 0.2) is 6.16 Å². The summed E-state index contributed by atoms with van der Waals surface area (Å²) in [6, 6.07) is 15.8. The van der Waals surface area contributed by atoms with E-state index in [1.54, 1.807) is 62.6 Å². The molecule has 4 aromatic heterocycles. The van der Waals surface area contributed by atoms with Crippen molar-refractivity contribution >= 4 is 31.4 Å². The van der Waals surface area contributed by atoms with E-state index in [0.717, 1.165) is 0 Å². The number of benzene rings is 2. The van der Waals surface area contributed by atoms with E-state index < -0.39 is 31.9 Å². The van der Waals surface area contributed by atoms with Crippen LogP contribution in [0, 0.1) is 17.6 Å². The van der Waals surface area contributed by atoms with Crippen molar-refractivity contribution in [3.05, 3.63) is 84.7 Å². The molecule has 2 aliphatic rings. The summed E-state index contributed by atoms with van der Waals surface area (Å²) < 4.78 is 54.4. The summed E-state index contributed by atoms with van der Waals surface area (Å²) >= 11 is 0. The predicted octanol–water partition coefficient (Wildman–Crippen LogP) is 5.00. The second-order valence-electron chi connectivity index (χ2n) is 13.2. The van der Waals surface area contributed by atoms with Crippen molar-refractivity contribution in [3.63, 3.8) is 0 Å². The Morgan fingerprint density at radius 3 is 1.86 bits per heavy atom. The van der Waals surface area contributed by atoms with E-state index in [2.05, 4.69) is 40.8 Å². The Kier molecular flexibility index (Phi) is 10.0. The number of hydrogen-bond donors (Lipinski definition) is 0. The second kappa shape index (κ2) is 15.3. The lowest BCUT2D eigenvalue weighted by Gasteiger charge is -2.17. The molecule has 0 radical (unpaired) electrons. The number of halogens is 2. The maximum Gasteiger partial charge on any atom is 0.508 e. The summed E-state index contributed by atoms with van der Waals surface area (Å²) in [5, 5.41) is 23.6. The van der Waals surface area contributed by atoms with Crippen molar-refractivity contribution in [2.45, 2.75) is 18.9 Å². The van der Waals surface area contributed by atoms with Crippen LogP contribution >= 0.6 is 8.03 Å². The van der Waals surface area contributed by atoms with Crippen molar-refractivity contribution < 1.29 is 32.2 Å². The number of aryl methyl sites for hydroxylation is 2. The predicted molar refractivity (Wildman–Crippen MR) is 196 cm³/mol. The molecule has 2 saturated heterocycles. The van der Waals surface area contributed by atoms with Crippen LogP contribution in [0.25, 0.3) is 45.3 Å². The molecule has 2 unspecified atom stereocenters. The van der Waals surface area contributed by atoms with E-state index in [-0.39, 0.29) is 50.5 Å². The van der Waals surface area contributed by atoms with E-state index in [0.29, 0.717) is 56.7 Å². The fourth-order valence-corrected chi connectivity index (χ4v) is 7.49. The van der Waals surface area contributed by atoms with Crippen LogP contribution in [0.3, 0.4) is 0 Å². The van der Waals surface area contributed by atoms with Crippen molar-refractivity contribution in [2.24, 2.45) is 20.0 Å². The SMILES string of the molecule is Cn1nnc(-c2ccc(-c3ccc(N4CC(CO[P+](=O)CC[C@H]5CN(c6ccc(-c7ccc(-c8nnn(C)n8)nc7)c(F)c6)C(=O)O5)CC4=O)cc3F)cn2)n1. The number of carbonyl (C=O) groups excluding carboxylic acids is 2. The zero-order valence-corrected chi connectivity index (χ0v) is 30.8. The van der Waals surface area contributed by atoms with Gasteiger partial charge < -0.3 is 9.64 Å². The fourth-order valence-electron chi connectivity index (χ4n) is 6.48. The Morgan fingerprint density at radius 2 is 1.36 bits per heavy atom. The van der Waals surface area contributed by atoms with E-state index in [9.17, 15) is 14.2 Å². The van der Waals surface area contributed by atoms with Crippen molar-refractivity contribution in [1.82, 2.24) is 50.4 Å². The molecule has 0 aliphatic carbocycles. The Hall–Kier alpha value is -6.46. The van der Waals surface area contributed by atoms with Gasteiger partial charge >= 0.3 is 14.1 Å². The minimum Gasteiger partial charge on any atom is -0.444 e. The Labute approximate surface area is 318 Å². The van der Waals surface area contributed by atoms with Gasteiger partial charge in [-0.05, 0) is 63.5 Å². The van der Waals surface area contributed by atoms with Gasteiger partial charge in [0.05, 0.1) is 26.3 Å². The van der Waals surface area contributed by atoms with Crippen molar-refractivity contribution in [1.29, 1.82) is 0 Å². The third-order valence-corrected chi connectivity index (χ3v) is 10.4. The summed E-state index contributed by atoms with van der Waals surface area (Å²) in [5.74, 6) is -0.820. The topological polar surface area (TPSA) is 189 Å². The van der Waals surface area contributed by atoms with Crippen LogP contribution in [0.5, 0.6) is 0 Å². The van der Waals surface area contributed by atoms with Crippen LogP contribution < -0.4 is 9.80 Å². The summed E-state index contributed by atoms with van der Waals surface area (Å²) in [5.41, 5.74) is 3.40. The molecule has 6 heterocycles. The molecule has 17 nitrogen and oxygen atoms in total. The number of pyridine rings is 2. The van der Waals surface area contributed by atoms with Crippen LogP contribution in [-0.4, -0.2) is 94.3 Å². The number of nitrogens with zero attached hydrogens (tertiary/aromatic N) is 12. The molecule has 284 valence electrons. The van der Waals surface area contributed by atoms with E-state index in [1.807, 2.05) is 0 Å². The molecule has 2 aromatic carbocycles. The fraction of sp³-hybridized carbons (Fsp3) is 0.278. The number of cyclic esters (lactones) is 1. The molecule has 2 amide bonds. The van der Waals surface area contributed by atoms with Crippen LogP contribution in [0.4, 0.5) is 25.0 Å². The number of carbonyl (C=O) groups is 2. The quantitative estimate of drug-likeness (QED) is 0.151. The van der Waals surface area contributed by atoms with Crippen LogP contribution in [-0.2, 0) is 32.7 Å². The van der Waals surface area contributed by atoms with Gasteiger partial charge in [-0.25, -0.2) is 13.6 Å². The molecular formula is C36H32F2N12O5P+. The van der Waals surface area contributed by atoms with Gasteiger partial charge in [0.25, 0.3) is 0 Å². The van der Waals surface area contributed by atoms with Gasteiger partial charge in [0.2, 0.25) is 17.6 Å². The third-order valence-electron chi connectivity index (χ3n) is 9.32. The highest BCUT2D eigenvalue weighted by atomic mass is 31.1. The monoisotopic (exact) mass is 781 g/mol. The first-order valence-electron chi connectivity index (χ1n) is 17.4. The van der Waals surface area contributed by atoms with Crippen LogP contribution in [0.15, 0.2) is 73.1 Å². The standard InChI is InChI=1S/C36H32F2N12O5P/c1-47-43-34(41-45-47)31-9-3-22(16-39-31)27-7-5-24(14-29(27)37)49-18-21(13-33(49)51)20-54-56(53)12-11-26-19-50(36(52)55-26)25-6-8-28(30(38)15-25)23-4-10-32(40-17-23)35-42-46-48(2)44-35/h3-10,14-17,21,26H,11-13,18-20H2,1-2H3/q+1/t21?,26-/m0/s1. The lowest BCUT2D eigenvalue weighted by molar-refractivity contribution is -0.117. The van der Waals surface area contributed by atoms with Crippen molar-refractivity contribution in [2.75, 3.05) is 35.7 Å². The number of ether oxygens (including phenoxy) is 1. The first-order chi connectivity index (χ1) is 27.1. The molecule has 2 fully saturated rings. The average molecular weight is 782 g/mol. The first kappa shape index (κ1) is 36.5. The Morgan fingerprint density at radius 1 is 0.786 bits per heavy atom. The maximum atomic E-state index is 15.3. The maximum absolute atomic E-state index is 15.3. The molecule has 6 aromatic rings. The lowest BCUT2D eigenvalue weighted by atomic mass is 10.1. The molecule has 20 heteroatoms. The average Bonchev–Trinajstić information content (AvgIpc) is 4.00. The summed E-state index contributed by atoms with van der Waals surface area (Å²) in [7, 11) is 1.16. The van der Waals surface area contributed by atoms with Crippen molar-refractivity contribution in [3.8, 4) is 45.3 Å². The van der Waals surface area contributed by atoms with E-state index in [1.165, 1.54) is 43.9 Å². The molecule has 0 N–H and O–H groups in total. The Balaban J connectivity index is 0.804. The molecule has 2 aliphatic heterocycles. The molecule has 0 saturated carbocycles. The highest BCUT2D eigenvalue weighted by molar-refractivity contribution is 7.39. The number of anilines is 2. The minimum atomic E-state index is -2.13. The minimum absolute atomic E-state index is 0.0639. The van der Waals surface area contributed by atoms with E-state index in [4.69, 9.17) is 9.26 Å². The molecule has 8 rings (SSSR count). The van der Waals surface area contributed by atoms with Gasteiger partial charge in [-0.15, -0.1) is 24.9 Å². The molecular weight excluding hydrogens is 749 g/mol. The number of aromatic nitrogens is 10. The highest BCUT2D eigenvalue weighted by Crippen LogP contribution is 2.34. The lowest BCUT2D eigenvalue weighted by Crippen LogP contribution is -2.25. The second-order valence-corrected chi connectivity index (χ2v) is 14.6. The number of tetrazole rings is 2. The molecule has 0 bridgehead atoms. The first-order valence-corrected chi connectivity index (χ1v) is 18.8. The number of hydrogen-bond acceptors (Lipinski definition) is 13. The van der Waals surface area contributed by atoms with Gasteiger partial charge in [0, 0.05) is 65.6 Å². The smallest absolute Gasteiger partial charge is 0.444 e. The van der Waals surface area contributed by atoms with Gasteiger partial charge in [-0.1, -0.05) is 12.1 Å². The van der Waals surface area contributed by atoms with Crippen LogP contribution in [0.2, 0.25) is 0 Å². The van der Waals surface area contributed by atoms with Gasteiger partial charge in [0.1, 0.15) is 35.7 Å². The van der Waals surface area contributed by atoms with Gasteiger partial charge in [-0.3, -0.25) is 19.7 Å². The Bertz CT molecular complexity index is 2280. The summed E-state index contributed by atoms with van der Waals surface area (Å²) in [4.78, 5) is 39.7. The molecule has 56 heavy (non-hydrogen) atoms.